The molecule has 0 radical (unpaired) electrons. The van der Waals surface area contributed by atoms with Gasteiger partial charge in [0.15, 0.2) is 0 Å². The number of nitrogens with one attached hydrogen (secondary N) is 1. The Morgan fingerprint density at radius 3 is 2.46 bits per heavy atom. The van der Waals surface area contributed by atoms with Gasteiger partial charge in [0.2, 0.25) is 10.0 Å². The third-order valence-corrected chi connectivity index (χ3v) is 5.47. The highest BCUT2D eigenvalue weighted by atomic mass is 32.2. The molecule has 1 atom stereocenters. The average molecular weight is 348 g/mol. The van der Waals surface area contributed by atoms with Gasteiger partial charge in [-0.25, -0.2) is 13.1 Å². The summed E-state index contributed by atoms with van der Waals surface area (Å²) >= 11 is 0. The molecule has 0 aromatic heterocycles. The van der Waals surface area contributed by atoms with Crippen LogP contribution in [0, 0.1) is 17.0 Å². The summed E-state index contributed by atoms with van der Waals surface area (Å²) in [6.07, 6.45) is 1.38. The Kier molecular flexibility index (Phi) is 5.69. The second-order valence-corrected chi connectivity index (χ2v) is 7.44. The number of nitro groups is 1. The number of hydrogen-bond acceptors (Lipinski definition) is 4. The predicted molar refractivity (Wildman–Crippen MR) is 92.4 cm³/mol. The van der Waals surface area contributed by atoms with E-state index in [1.54, 1.807) is 13.8 Å². The van der Waals surface area contributed by atoms with Gasteiger partial charge in [-0.3, -0.25) is 10.1 Å². The molecule has 0 aliphatic heterocycles. The van der Waals surface area contributed by atoms with Gasteiger partial charge in [0.25, 0.3) is 5.69 Å². The molecule has 6 nitrogen and oxygen atoms in total. The zero-order valence-corrected chi connectivity index (χ0v) is 14.4. The maximum Gasteiger partial charge on any atom is 0.270 e. The van der Waals surface area contributed by atoms with Crippen LogP contribution in [0.3, 0.4) is 0 Å². The molecule has 0 unspecified atom stereocenters. The summed E-state index contributed by atoms with van der Waals surface area (Å²) < 4.78 is 27.6. The van der Waals surface area contributed by atoms with E-state index in [1.165, 1.54) is 12.1 Å². The molecular formula is C17H20N2O4S. The molecule has 0 amide bonds. The van der Waals surface area contributed by atoms with Crippen molar-refractivity contribution in [3.8, 4) is 0 Å². The Hall–Kier alpha value is -2.25. The first-order valence-electron chi connectivity index (χ1n) is 7.61. The van der Waals surface area contributed by atoms with Crippen LogP contribution in [-0.2, 0) is 16.4 Å². The fourth-order valence-electron chi connectivity index (χ4n) is 2.41. The van der Waals surface area contributed by atoms with Crippen LogP contribution in [0.25, 0.3) is 0 Å². The molecule has 0 aliphatic rings. The fourth-order valence-corrected chi connectivity index (χ4v) is 3.95. The molecule has 0 heterocycles. The normalized spacial score (nSPS) is 12.8. The van der Waals surface area contributed by atoms with Crippen molar-refractivity contribution in [1.82, 2.24) is 4.72 Å². The van der Waals surface area contributed by atoms with E-state index in [2.05, 4.69) is 4.72 Å². The summed E-state index contributed by atoms with van der Waals surface area (Å²) in [7, 11) is -3.81. The molecule has 2 aromatic rings. The first kappa shape index (κ1) is 18.1. The first-order valence-corrected chi connectivity index (χ1v) is 9.09. The molecule has 0 fully saturated rings. The SMILES string of the molecule is Cc1ccc([N+](=O)[O-])cc1S(=O)(=O)N[C@@H](C)CCc1ccccc1. The quantitative estimate of drug-likeness (QED) is 0.614. The Bertz CT molecular complexity index is 820. The van der Waals surface area contributed by atoms with Crippen LogP contribution < -0.4 is 4.72 Å². The standard InChI is InChI=1S/C17H20N2O4S/c1-13-8-11-16(19(20)21)12-17(13)24(22,23)18-14(2)9-10-15-6-4-3-5-7-15/h3-8,11-12,14,18H,9-10H2,1-2H3/t14-/m0/s1. The molecule has 0 aliphatic carbocycles. The van der Waals surface area contributed by atoms with Crippen molar-refractivity contribution in [3.63, 3.8) is 0 Å². The van der Waals surface area contributed by atoms with Gasteiger partial charge in [-0.1, -0.05) is 36.4 Å². The molecule has 2 aromatic carbocycles. The molecule has 0 saturated heterocycles. The number of rotatable bonds is 7. The lowest BCUT2D eigenvalue weighted by Gasteiger charge is -2.15. The Morgan fingerprint density at radius 1 is 1.17 bits per heavy atom. The molecule has 0 saturated carbocycles. The van der Waals surface area contributed by atoms with Gasteiger partial charge < -0.3 is 0 Å². The number of nitrogens with zero attached hydrogens (tertiary/aromatic N) is 1. The zero-order chi connectivity index (χ0) is 17.7. The smallest absolute Gasteiger partial charge is 0.258 e. The summed E-state index contributed by atoms with van der Waals surface area (Å²) in [6, 6.07) is 13.4. The van der Waals surface area contributed by atoms with Gasteiger partial charge >= 0.3 is 0 Å². The molecule has 0 bridgehead atoms. The Balaban J connectivity index is 2.10. The number of aryl methyl sites for hydroxylation is 2. The van der Waals surface area contributed by atoms with Crippen LogP contribution in [0.4, 0.5) is 5.69 Å². The minimum atomic E-state index is -3.81. The van der Waals surface area contributed by atoms with Crippen molar-refractivity contribution in [2.24, 2.45) is 0 Å². The maximum absolute atomic E-state index is 12.5. The molecule has 2 rings (SSSR count). The fraction of sp³-hybridized carbons (Fsp3) is 0.294. The topological polar surface area (TPSA) is 89.3 Å². The molecule has 1 N–H and O–H groups in total. The largest absolute Gasteiger partial charge is 0.270 e. The van der Waals surface area contributed by atoms with E-state index >= 15 is 0 Å². The number of sulfonamides is 1. The third kappa shape index (κ3) is 4.62. The van der Waals surface area contributed by atoms with Crippen LogP contribution in [0.15, 0.2) is 53.4 Å². The zero-order valence-electron chi connectivity index (χ0n) is 13.6. The van der Waals surface area contributed by atoms with E-state index in [4.69, 9.17) is 0 Å². The predicted octanol–water partition coefficient (Wildman–Crippen LogP) is 3.20. The number of benzene rings is 2. The van der Waals surface area contributed by atoms with Gasteiger partial charge in [-0.15, -0.1) is 0 Å². The summed E-state index contributed by atoms with van der Waals surface area (Å²) in [6.45, 7) is 3.40. The van der Waals surface area contributed by atoms with Crippen molar-refractivity contribution in [1.29, 1.82) is 0 Å². The highest BCUT2D eigenvalue weighted by Gasteiger charge is 2.22. The average Bonchev–Trinajstić information content (AvgIpc) is 2.53. The van der Waals surface area contributed by atoms with Crippen molar-refractivity contribution in [2.45, 2.75) is 37.6 Å². The molecule has 0 spiro atoms. The van der Waals surface area contributed by atoms with Gasteiger partial charge in [-0.2, -0.15) is 0 Å². The van der Waals surface area contributed by atoms with Crippen molar-refractivity contribution < 1.29 is 13.3 Å². The minimum absolute atomic E-state index is 0.0525. The first-order chi connectivity index (χ1) is 11.3. The highest BCUT2D eigenvalue weighted by molar-refractivity contribution is 7.89. The highest BCUT2D eigenvalue weighted by Crippen LogP contribution is 2.22. The van der Waals surface area contributed by atoms with E-state index in [0.717, 1.165) is 18.1 Å². The lowest BCUT2D eigenvalue weighted by atomic mass is 10.1. The monoisotopic (exact) mass is 348 g/mol. The molecule has 7 heteroatoms. The lowest BCUT2D eigenvalue weighted by Crippen LogP contribution is -2.33. The Labute approximate surface area is 141 Å². The van der Waals surface area contributed by atoms with Crippen molar-refractivity contribution in [2.75, 3.05) is 0 Å². The summed E-state index contributed by atoms with van der Waals surface area (Å²) in [5, 5.41) is 10.9. The second kappa shape index (κ2) is 7.55. The Morgan fingerprint density at radius 2 is 1.83 bits per heavy atom. The van der Waals surface area contributed by atoms with Crippen LogP contribution in [0.1, 0.15) is 24.5 Å². The summed E-state index contributed by atoms with van der Waals surface area (Å²) in [4.78, 5) is 10.2. The van der Waals surface area contributed by atoms with E-state index in [1.807, 2.05) is 30.3 Å². The van der Waals surface area contributed by atoms with Crippen molar-refractivity contribution in [3.05, 3.63) is 69.8 Å². The van der Waals surface area contributed by atoms with Crippen LogP contribution in [0.5, 0.6) is 0 Å². The molecule has 24 heavy (non-hydrogen) atoms. The third-order valence-electron chi connectivity index (χ3n) is 3.74. The van der Waals surface area contributed by atoms with E-state index in [9.17, 15) is 18.5 Å². The molecular weight excluding hydrogens is 328 g/mol. The number of non-ortho nitro benzene ring substituents is 1. The van der Waals surface area contributed by atoms with E-state index in [-0.39, 0.29) is 16.6 Å². The van der Waals surface area contributed by atoms with Crippen molar-refractivity contribution >= 4 is 15.7 Å². The summed E-state index contributed by atoms with van der Waals surface area (Å²) in [5.41, 5.74) is 1.37. The van der Waals surface area contributed by atoms with Gasteiger partial charge in [0.05, 0.1) is 9.82 Å². The van der Waals surface area contributed by atoms with Gasteiger partial charge in [0, 0.05) is 18.2 Å². The van der Waals surface area contributed by atoms with E-state index < -0.39 is 14.9 Å². The van der Waals surface area contributed by atoms with E-state index in [0.29, 0.717) is 12.0 Å². The van der Waals surface area contributed by atoms with Crippen LogP contribution in [0.2, 0.25) is 0 Å². The van der Waals surface area contributed by atoms with Gasteiger partial charge in [-0.05, 0) is 37.8 Å². The lowest BCUT2D eigenvalue weighted by molar-refractivity contribution is -0.385. The minimum Gasteiger partial charge on any atom is -0.258 e. The molecule has 128 valence electrons. The summed E-state index contributed by atoms with van der Waals surface area (Å²) in [5.74, 6) is 0. The maximum atomic E-state index is 12.5. The van der Waals surface area contributed by atoms with Crippen LogP contribution in [-0.4, -0.2) is 19.4 Å². The second-order valence-electron chi connectivity index (χ2n) is 5.75. The van der Waals surface area contributed by atoms with Gasteiger partial charge in [0.1, 0.15) is 0 Å². The number of nitro benzene ring substituents is 1. The number of hydrogen-bond donors (Lipinski definition) is 1. The van der Waals surface area contributed by atoms with Crippen LogP contribution >= 0.6 is 0 Å².